The fraction of sp³-hybridized carbons (Fsp3) is 0.444. The van der Waals surface area contributed by atoms with E-state index < -0.39 is 0 Å². The minimum absolute atomic E-state index is 0.0570. The van der Waals surface area contributed by atoms with E-state index in [1.807, 2.05) is 26.0 Å². The second-order valence-electron chi connectivity index (χ2n) is 6.66. The molecule has 0 spiro atoms. The van der Waals surface area contributed by atoms with Crippen molar-refractivity contribution in [3.8, 4) is 0 Å². The number of rotatable bonds is 4. The van der Waals surface area contributed by atoms with Crippen molar-refractivity contribution in [2.24, 2.45) is 5.92 Å². The topological polar surface area (TPSA) is 61.0 Å². The van der Waals surface area contributed by atoms with Gasteiger partial charge in [-0.05, 0) is 32.3 Å². The summed E-state index contributed by atoms with van der Waals surface area (Å²) in [7, 11) is 0. The lowest BCUT2D eigenvalue weighted by Crippen LogP contribution is -2.33. The number of aromatic nitrogens is 2. The normalized spacial score (nSPS) is 21.2. The summed E-state index contributed by atoms with van der Waals surface area (Å²) in [5, 5.41) is 9.86. The molecule has 24 heavy (non-hydrogen) atoms. The van der Waals surface area contributed by atoms with Crippen LogP contribution >= 0.6 is 0 Å². The Balaban J connectivity index is 1.73. The fourth-order valence-electron chi connectivity index (χ4n) is 3.47. The summed E-state index contributed by atoms with van der Waals surface area (Å²) in [6.45, 7) is 6.88. The number of carbonyl (C=O) groups is 1. The van der Waals surface area contributed by atoms with Gasteiger partial charge in [-0.15, -0.1) is 0 Å². The van der Waals surface area contributed by atoms with Gasteiger partial charge in [-0.25, -0.2) is 4.39 Å². The van der Waals surface area contributed by atoms with E-state index in [-0.39, 0.29) is 24.3 Å². The fourth-order valence-corrected chi connectivity index (χ4v) is 3.47. The number of anilines is 1. The Bertz CT molecular complexity index is 723. The molecule has 2 aromatic rings. The minimum atomic E-state index is -0.205. The van der Waals surface area contributed by atoms with Crippen LogP contribution in [-0.2, 0) is 4.79 Å². The second kappa shape index (κ2) is 6.73. The number of halogens is 1. The lowest BCUT2D eigenvalue weighted by molar-refractivity contribution is -0.117. The Morgan fingerprint density at radius 2 is 2.17 bits per heavy atom. The molecule has 0 unspecified atom stereocenters. The van der Waals surface area contributed by atoms with Gasteiger partial charge in [0.25, 0.3) is 0 Å². The molecule has 1 aromatic heterocycles. The molecule has 2 heterocycles. The molecule has 2 atom stereocenters. The van der Waals surface area contributed by atoms with Crippen LogP contribution < -0.4 is 5.32 Å². The first-order chi connectivity index (χ1) is 11.5. The van der Waals surface area contributed by atoms with Gasteiger partial charge < -0.3 is 5.32 Å². The molecule has 1 fully saturated rings. The van der Waals surface area contributed by atoms with Gasteiger partial charge in [-0.2, -0.15) is 5.10 Å². The van der Waals surface area contributed by atoms with E-state index in [1.54, 1.807) is 6.07 Å². The summed E-state index contributed by atoms with van der Waals surface area (Å²) in [5.41, 5.74) is 3.00. The van der Waals surface area contributed by atoms with Gasteiger partial charge in [-0.1, -0.05) is 25.1 Å². The molecule has 3 rings (SSSR count). The molecule has 1 aliphatic heterocycles. The van der Waals surface area contributed by atoms with Crippen molar-refractivity contribution in [1.29, 1.82) is 0 Å². The third-order valence-electron chi connectivity index (χ3n) is 4.62. The molecule has 6 heteroatoms. The number of nitrogens with one attached hydrogen (secondary N) is 2. The molecule has 1 aliphatic rings. The highest BCUT2D eigenvalue weighted by molar-refractivity contribution is 5.93. The standard InChI is InChI=1S/C18H23FN4O/c1-11-8-16(14-6-4-5-7-15(14)19)23(9-11)10-17(24)20-18-12(2)21-22-13(18)3/h4-7,11,16H,8-10H2,1-3H3,(H,20,24)(H,21,22)/t11-,16-/m0/s1. The van der Waals surface area contributed by atoms with Crippen LogP contribution in [0, 0.1) is 25.6 Å². The first kappa shape index (κ1) is 16.6. The quantitative estimate of drug-likeness (QED) is 0.905. The third kappa shape index (κ3) is 3.33. The lowest BCUT2D eigenvalue weighted by Gasteiger charge is -2.24. The van der Waals surface area contributed by atoms with Crippen molar-refractivity contribution in [3.63, 3.8) is 0 Å². The Labute approximate surface area is 141 Å². The van der Waals surface area contributed by atoms with Crippen molar-refractivity contribution in [1.82, 2.24) is 15.1 Å². The molecule has 0 radical (unpaired) electrons. The summed E-state index contributed by atoms with van der Waals surface area (Å²) in [6.07, 6.45) is 0.859. The maximum atomic E-state index is 14.2. The predicted molar refractivity (Wildman–Crippen MR) is 91.2 cm³/mol. The highest BCUT2D eigenvalue weighted by Gasteiger charge is 2.33. The number of H-pyrrole nitrogens is 1. The average Bonchev–Trinajstić information content (AvgIpc) is 3.04. The van der Waals surface area contributed by atoms with Crippen molar-refractivity contribution >= 4 is 11.6 Å². The minimum Gasteiger partial charge on any atom is -0.322 e. The number of aryl methyl sites for hydroxylation is 2. The van der Waals surface area contributed by atoms with Crippen LogP contribution in [0.1, 0.15) is 36.3 Å². The van der Waals surface area contributed by atoms with Crippen molar-refractivity contribution in [2.75, 3.05) is 18.4 Å². The largest absolute Gasteiger partial charge is 0.322 e. The van der Waals surface area contributed by atoms with Gasteiger partial charge in [-0.3, -0.25) is 14.8 Å². The van der Waals surface area contributed by atoms with Crippen LogP contribution in [0.5, 0.6) is 0 Å². The highest BCUT2D eigenvalue weighted by Crippen LogP contribution is 2.36. The Hall–Kier alpha value is -2.21. The van der Waals surface area contributed by atoms with Crippen molar-refractivity contribution < 1.29 is 9.18 Å². The van der Waals surface area contributed by atoms with Crippen LogP contribution in [0.3, 0.4) is 0 Å². The van der Waals surface area contributed by atoms with Gasteiger partial charge in [0.05, 0.1) is 23.6 Å². The molecule has 2 N–H and O–H groups in total. The number of amides is 1. The SMILES string of the molecule is Cc1n[nH]c(C)c1NC(=O)CN1C[C@@H](C)C[C@H]1c1ccccc1F. The van der Waals surface area contributed by atoms with E-state index >= 15 is 0 Å². The zero-order valence-corrected chi connectivity index (χ0v) is 14.3. The second-order valence-corrected chi connectivity index (χ2v) is 6.66. The molecule has 1 amide bonds. The van der Waals surface area contributed by atoms with Crippen molar-refractivity contribution in [2.45, 2.75) is 33.2 Å². The van der Waals surface area contributed by atoms with Crippen molar-refractivity contribution in [3.05, 3.63) is 47.0 Å². The van der Waals surface area contributed by atoms with Gasteiger partial charge in [0, 0.05) is 18.2 Å². The van der Waals surface area contributed by atoms with Gasteiger partial charge >= 0.3 is 0 Å². The van der Waals surface area contributed by atoms with E-state index in [1.165, 1.54) is 6.07 Å². The van der Waals surface area contributed by atoms with E-state index in [4.69, 9.17) is 0 Å². The van der Waals surface area contributed by atoms with Crippen LogP contribution in [0.15, 0.2) is 24.3 Å². The molecule has 1 aromatic carbocycles. The number of aromatic amines is 1. The van der Waals surface area contributed by atoms with E-state index in [9.17, 15) is 9.18 Å². The maximum Gasteiger partial charge on any atom is 0.238 e. The molecule has 5 nitrogen and oxygen atoms in total. The number of nitrogens with zero attached hydrogens (tertiary/aromatic N) is 2. The monoisotopic (exact) mass is 330 g/mol. The van der Waals surface area contributed by atoms with E-state index in [0.717, 1.165) is 30.0 Å². The number of hydrogen-bond donors (Lipinski definition) is 2. The number of carbonyl (C=O) groups excluding carboxylic acids is 1. The molecule has 128 valence electrons. The number of hydrogen-bond acceptors (Lipinski definition) is 3. The zero-order chi connectivity index (χ0) is 17.3. The first-order valence-electron chi connectivity index (χ1n) is 8.25. The number of likely N-dealkylation sites (tertiary alicyclic amines) is 1. The lowest BCUT2D eigenvalue weighted by atomic mass is 10.0. The number of benzene rings is 1. The van der Waals surface area contributed by atoms with Crippen LogP contribution in [0.25, 0.3) is 0 Å². The summed E-state index contributed by atoms with van der Waals surface area (Å²) in [6, 6.07) is 6.78. The molecule has 1 saturated heterocycles. The average molecular weight is 330 g/mol. The van der Waals surface area contributed by atoms with Crippen LogP contribution in [-0.4, -0.2) is 34.1 Å². The molecule has 0 saturated carbocycles. The van der Waals surface area contributed by atoms with E-state index in [0.29, 0.717) is 11.5 Å². The smallest absolute Gasteiger partial charge is 0.238 e. The van der Waals surface area contributed by atoms with Crippen LogP contribution in [0.4, 0.5) is 10.1 Å². The first-order valence-corrected chi connectivity index (χ1v) is 8.25. The summed E-state index contributed by atoms with van der Waals surface area (Å²) < 4.78 is 14.2. The summed E-state index contributed by atoms with van der Waals surface area (Å²) in [4.78, 5) is 14.5. The molecular weight excluding hydrogens is 307 g/mol. The third-order valence-corrected chi connectivity index (χ3v) is 4.62. The van der Waals surface area contributed by atoms with Crippen LogP contribution in [0.2, 0.25) is 0 Å². The molecule has 0 aliphatic carbocycles. The van der Waals surface area contributed by atoms with Gasteiger partial charge in [0.1, 0.15) is 5.82 Å². The van der Waals surface area contributed by atoms with E-state index in [2.05, 4.69) is 27.3 Å². The van der Waals surface area contributed by atoms with Gasteiger partial charge in [0.15, 0.2) is 0 Å². The summed E-state index contributed by atoms with van der Waals surface area (Å²) in [5.74, 6) is 0.126. The summed E-state index contributed by atoms with van der Waals surface area (Å²) >= 11 is 0. The Kier molecular flexibility index (Phi) is 4.66. The Morgan fingerprint density at radius 3 is 2.83 bits per heavy atom. The molecule has 0 bridgehead atoms. The molecular formula is C18H23FN4O. The van der Waals surface area contributed by atoms with Gasteiger partial charge in [0.2, 0.25) is 5.91 Å². The Morgan fingerprint density at radius 1 is 1.42 bits per heavy atom. The predicted octanol–water partition coefficient (Wildman–Crippen LogP) is 3.19. The highest BCUT2D eigenvalue weighted by atomic mass is 19.1. The zero-order valence-electron chi connectivity index (χ0n) is 14.3. The maximum absolute atomic E-state index is 14.2.